The molecule has 0 spiro atoms. The van der Waals surface area contributed by atoms with Gasteiger partial charge in [-0.25, -0.2) is 0 Å². The van der Waals surface area contributed by atoms with Gasteiger partial charge < -0.3 is 5.32 Å². The van der Waals surface area contributed by atoms with Gasteiger partial charge in [-0.05, 0) is 29.9 Å². The molecule has 1 aliphatic heterocycles. The lowest BCUT2D eigenvalue weighted by atomic mass is 9.85. The van der Waals surface area contributed by atoms with E-state index >= 15 is 0 Å². The summed E-state index contributed by atoms with van der Waals surface area (Å²) < 4.78 is 0. The van der Waals surface area contributed by atoms with Crippen LogP contribution in [0.2, 0.25) is 0 Å². The molecule has 0 amide bonds. The molecule has 1 aliphatic rings. The molecule has 0 atom stereocenters. The average molecular weight is 229 g/mol. The third-order valence-corrected chi connectivity index (χ3v) is 3.86. The molecule has 1 aromatic rings. The first kappa shape index (κ1) is 12.2. The van der Waals surface area contributed by atoms with Crippen LogP contribution in [0.1, 0.15) is 45.6 Å². The SMILES string of the molecule is CCC(C)(C)CCC=C1Cc2ccccc2N1. The lowest BCUT2D eigenvalue weighted by Crippen LogP contribution is -2.08. The first-order valence-corrected chi connectivity index (χ1v) is 6.65. The first-order chi connectivity index (χ1) is 8.11. The summed E-state index contributed by atoms with van der Waals surface area (Å²) in [5.74, 6) is 0. The number of nitrogens with one attached hydrogen (secondary N) is 1. The van der Waals surface area contributed by atoms with Crippen LogP contribution in [0.25, 0.3) is 0 Å². The minimum Gasteiger partial charge on any atom is -0.359 e. The van der Waals surface area contributed by atoms with E-state index < -0.39 is 0 Å². The van der Waals surface area contributed by atoms with Gasteiger partial charge in [0.25, 0.3) is 0 Å². The Morgan fingerprint density at radius 2 is 2.06 bits per heavy atom. The van der Waals surface area contributed by atoms with Crippen molar-refractivity contribution in [1.82, 2.24) is 0 Å². The van der Waals surface area contributed by atoms with Crippen LogP contribution < -0.4 is 5.32 Å². The number of hydrogen-bond acceptors (Lipinski definition) is 1. The standard InChI is InChI=1S/C16H23N/c1-4-16(2,3)11-7-9-14-12-13-8-5-6-10-15(13)17-14/h5-6,8-10,17H,4,7,11-12H2,1-3H3. The lowest BCUT2D eigenvalue weighted by molar-refractivity contribution is 0.325. The van der Waals surface area contributed by atoms with E-state index in [1.807, 2.05) is 0 Å². The summed E-state index contributed by atoms with van der Waals surface area (Å²) in [6.07, 6.45) is 7.14. The smallest absolute Gasteiger partial charge is 0.0418 e. The van der Waals surface area contributed by atoms with Crippen LogP contribution >= 0.6 is 0 Å². The maximum atomic E-state index is 3.50. The van der Waals surface area contributed by atoms with Crippen LogP contribution in [0.4, 0.5) is 5.69 Å². The number of fused-ring (bicyclic) bond motifs is 1. The maximum Gasteiger partial charge on any atom is 0.0418 e. The van der Waals surface area contributed by atoms with Crippen LogP contribution in [-0.4, -0.2) is 0 Å². The quantitative estimate of drug-likeness (QED) is 0.785. The molecule has 1 heterocycles. The highest BCUT2D eigenvalue weighted by atomic mass is 14.9. The molecule has 1 N–H and O–H groups in total. The number of benzene rings is 1. The number of anilines is 1. The van der Waals surface area contributed by atoms with Gasteiger partial charge in [0.15, 0.2) is 0 Å². The van der Waals surface area contributed by atoms with E-state index in [-0.39, 0.29) is 0 Å². The van der Waals surface area contributed by atoms with Crippen molar-refractivity contribution in [2.24, 2.45) is 5.41 Å². The molecule has 0 saturated heterocycles. The van der Waals surface area contributed by atoms with E-state index in [0.717, 1.165) is 6.42 Å². The summed E-state index contributed by atoms with van der Waals surface area (Å²) in [7, 11) is 0. The van der Waals surface area contributed by atoms with Gasteiger partial charge in [0.2, 0.25) is 0 Å². The van der Waals surface area contributed by atoms with Crippen LogP contribution in [-0.2, 0) is 6.42 Å². The zero-order valence-corrected chi connectivity index (χ0v) is 11.2. The van der Waals surface area contributed by atoms with Crippen molar-refractivity contribution in [3.05, 3.63) is 41.6 Å². The van der Waals surface area contributed by atoms with E-state index in [1.54, 1.807) is 0 Å². The molecule has 2 rings (SSSR count). The molecular weight excluding hydrogens is 206 g/mol. The van der Waals surface area contributed by atoms with Gasteiger partial charge in [0.05, 0.1) is 0 Å². The molecule has 17 heavy (non-hydrogen) atoms. The highest BCUT2D eigenvalue weighted by Gasteiger charge is 2.15. The van der Waals surface area contributed by atoms with E-state index in [4.69, 9.17) is 0 Å². The van der Waals surface area contributed by atoms with E-state index in [1.165, 1.54) is 36.2 Å². The molecule has 1 nitrogen and oxygen atoms in total. The van der Waals surface area contributed by atoms with E-state index in [9.17, 15) is 0 Å². The highest BCUT2D eigenvalue weighted by Crippen LogP contribution is 2.30. The first-order valence-electron chi connectivity index (χ1n) is 6.65. The predicted molar refractivity (Wildman–Crippen MR) is 75.2 cm³/mol. The number of hydrogen-bond donors (Lipinski definition) is 1. The van der Waals surface area contributed by atoms with Crippen molar-refractivity contribution >= 4 is 5.69 Å². The Hall–Kier alpha value is -1.24. The van der Waals surface area contributed by atoms with Gasteiger partial charge in [0, 0.05) is 17.8 Å². The molecule has 0 fully saturated rings. The molecule has 0 saturated carbocycles. The van der Waals surface area contributed by atoms with Crippen molar-refractivity contribution in [3.63, 3.8) is 0 Å². The minimum atomic E-state index is 0.475. The van der Waals surface area contributed by atoms with Gasteiger partial charge in [-0.1, -0.05) is 51.5 Å². The summed E-state index contributed by atoms with van der Waals surface area (Å²) in [6.45, 7) is 6.97. The zero-order valence-electron chi connectivity index (χ0n) is 11.2. The van der Waals surface area contributed by atoms with Gasteiger partial charge in [-0.2, -0.15) is 0 Å². The van der Waals surface area contributed by atoms with Crippen molar-refractivity contribution in [1.29, 1.82) is 0 Å². The monoisotopic (exact) mass is 229 g/mol. The molecule has 1 aromatic carbocycles. The number of allylic oxidation sites excluding steroid dienone is 2. The zero-order chi connectivity index (χ0) is 12.3. The Morgan fingerprint density at radius 3 is 2.76 bits per heavy atom. The molecule has 0 radical (unpaired) electrons. The summed E-state index contributed by atoms with van der Waals surface area (Å²) in [5.41, 5.74) is 4.56. The van der Waals surface area contributed by atoms with Gasteiger partial charge >= 0.3 is 0 Å². The third-order valence-electron chi connectivity index (χ3n) is 3.86. The van der Waals surface area contributed by atoms with Crippen LogP contribution in [0.5, 0.6) is 0 Å². The average Bonchev–Trinajstić information content (AvgIpc) is 2.71. The molecule has 0 aromatic heterocycles. The predicted octanol–water partition coefficient (Wildman–Crippen LogP) is 4.75. The summed E-state index contributed by atoms with van der Waals surface area (Å²) in [6, 6.07) is 8.57. The summed E-state index contributed by atoms with van der Waals surface area (Å²) in [4.78, 5) is 0. The number of para-hydroxylation sites is 1. The fraction of sp³-hybridized carbons (Fsp3) is 0.500. The van der Waals surface area contributed by atoms with E-state index in [2.05, 4.69) is 56.4 Å². The van der Waals surface area contributed by atoms with Crippen molar-refractivity contribution in [2.75, 3.05) is 5.32 Å². The highest BCUT2D eigenvalue weighted by molar-refractivity contribution is 5.61. The Kier molecular flexibility index (Phi) is 3.56. The van der Waals surface area contributed by atoms with Crippen LogP contribution in [0.15, 0.2) is 36.0 Å². The van der Waals surface area contributed by atoms with Crippen LogP contribution in [0.3, 0.4) is 0 Å². The van der Waals surface area contributed by atoms with Crippen molar-refractivity contribution in [2.45, 2.75) is 46.5 Å². The Labute approximate surface area is 105 Å². The van der Waals surface area contributed by atoms with Crippen molar-refractivity contribution in [3.8, 4) is 0 Å². The summed E-state index contributed by atoms with van der Waals surface area (Å²) >= 11 is 0. The fourth-order valence-electron chi connectivity index (χ4n) is 2.16. The number of rotatable bonds is 4. The van der Waals surface area contributed by atoms with Gasteiger partial charge in [0.1, 0.15) is 0 Å². The van der Waals surface area contributed by atoms with Crippen LogP contribution in [0, 0.1) is 5.41 Å². The normalized spacial score (nSPS) is 17.0. The molecule has 1 heteroatoms. The second-order valence-corrected chi connectivity index (χ2v) is 5.74. The maximum absolute atomic E-state index is 3.50. The fourth-order valence-corrected chi connectivity index (χ4v) is 2.16. The molecular formula is C16H23N. The molecule has 92 valence electrons. The van der Waals surface area contributed by atoms with Gasteiger partial charge in [-0.15, -0.1) is 0 Å². The Balaban J connectivity index is 1.91. The van der Waals surface area contributed by atoms with Gasteiger partial charge in [-0.3, -0.25) is 0 Å². The second kappa shape index (κ2) is 4.95. The third kappa shape index (κ3) is 3.12. The largest absolute Gasteiger partial charge is 0.359 e. The van der Waals surface area contributed by atoms with Crippen molar-refractivity contribution < 1.29 is 0 Å². The topological polar surface area (TPSA) is 12.0 Å². The molecule has 0 bridgehead atoms. The molecule has 0 unspecified atom stereocenters. The lowest BCUT2D eigenvalue weighted by Gasteiger charge is -2.21. The molecule has 0 aliphatic carbocycles. The Morgan fingerprint density at radius 1 is 1.29 bits per heavy atom. The minimum absolute atomic E-state index is 0.475. The van der Waals surface area contributed by atoms with E-state index in [0.29, 0.717) is 5.41 Å². The second-order valence-electron chi connectivity index (χ2n) is 5.74. The Bertz CT molecular complexity index is 388. The summed E-state index contributed by atoms with van der Waals surface area (Å²) in [5, 5.41) is 3.50.